The van der Waals surface area contributed by atoms with Gasteiger partial charge in [0.15, 0.2) is 5.78 Å². The van der Waals surface area contributed by atoms with Crippen LogP contribution in [0, 0.1) is 18.6 Å². The zero-order valence-electron chi connectivity index (χ0n) is 10.1. The van der Waals surface area contributed by atoms with Crippen molar-refractivity contribution in [3.63, 3.8) is 0 Å². The molecule has 0 saturated heterocycles. The van der Waals surface area contributed by atoms with Crippen LogP contribution >= 0.6 is 0 Å². The Morgan fingerprint density at radius 1 is 1.33 bits per heavy atom. The van der Waals surface area contributed by atoms with Crippen LogP contribution in [0.5, 0.6) is 0 Å². The minimum absolute atomic E-state index is 0.0742. The molecule has 0 unspecified atom stereocenters. The van der Waals surface area contributed by atoms with Crippen molar-refractivity contribution in [2.24, 2.45) is 7.05 Å². The molecule has 5 heteroatoms. The first-order valence-corrected chi connectivity index (χ1v) is 5.45. The summed E-state index contributed by atoms with van der Waals surface area (Å²) in [6, 6.07) is 5.10. The first-order chi connectivity index (χ1) is 8.49. The lowest BCUT2D eigenvalue weighted by Gasteiger charge is -2.04. The van der Waals surface area contributed by atoms with E-state index >= 15 is 0 Å². The van der Waals surface area contributed by atoms with Crippen molar-refractivity contribution < 1.29 is 13.6 Å². The van der Waals surface area contributed by atoms with Crippen LogP contribution in [0.1, 0.15) is 21.7 Å². The van der Waals surface area contributed by atoms with Crippen molar-refractivity contribution in [2.75, 3.05) is 0 Å². The normalized spacial score (nSPS) is 10.7. The van der Waals surface area contributed by atoms with Crippen LogP contribution in [0.2, 0.25) is 0 Å². The van der Waals surface area contributed by atoms with E-state index in [9.17, 15) is 13.6 Å². The second-order valence-corrected chi connectivity index (χ2v) is 4.10. The predicted octanol–water partition coefficient (Wildman–Crippen LogP) is 2.43. The monoisotopic (exact) mass is 250 g/mol. The Labute approximate surface area is 103 Å². The molecule has 0 N–H and O–H groups in total. The number of hydrogen-bond acceptors (Lipinski definition) is 2. The van der Waals surface area contributed by atoms with Crippen LogP contribution in [0.25, 0.3) is 0 Å². The van der Waals surface area contributed by atoms with E-state index < -0.39 is 23.0 Å². The SMILES string of the molecule is Cc1cc(CC(=O)c2c(F)cccc2F)n(C)n1. The van der Waals surface area contributed by atoms with Gasteiger partial charge in [0, 0.05) is 12.7 Å². The highest BCUT2D eigenvalue weighted by atomic mass is 19.1. The predicted molar refractivity (Wildman–Crippen MR) is 62.3 cm³/mol. The maximum absolute atomic E-state index is 13.4. The molecule has 0 atom stereocenters. The fourth-order valence-electron chi connectivity index (χ4n) is 1.85. The van der Waals surface area contributed by atoms with Gasteiger partial charge in [0.05, 0.1) is 17.7 Å². The highest BCUT2D eigenvalue weighted by Gasteiger charge is 2.18. The minimum Gasteiger partial charge on any atom is -0.294 e. The summed E-state index contributed by atoms with van der Waals surface area (Å²) in [4.78, 5) is 11.9. The van der Waals surface area contributed by atoms with E-state index in [1.165, 1.54) is 10.7 Å². The molecule has 18 heavy (non-hydrogen) atoms. The summed E-state index contributed by atoms with van der Waals surface area (Å²) < 4.78 is 28.4. The summed E-state index contributed by atoms with van der Waals surface area (Å²) in [5, 5.41) is 4.08. The van der Waals surface area contributed by atoms with Gasteiger partial charge in [0.1, 0.15) is 11.6 Å². The van der Waals surface area contributed by atoms with Crippen molar-refractivity contribution in [3.8, 4) is 0 Å². The number of ketones is 1. The van der Waals surface area contributed by atoms with Crippen LogP contribution in [0.4, 0.5) is 8.78 Å². The van der Waals surface area contributed by atoms with Crippen molar-refractivity contribution >= 4 is 5.78 Å². The highest BCUT2D eigenvalue weighted by Crippen LogP contribution is 2.15. The van der Waals surface area contributed by atoms with E-state index in [1.54, 1.807) is 20.0 Å². The molecule has 0 aliphatic heterocycles. The zero-order valence-corrected chi connectivity index (χ0v) is 10.1. The molecule has 94 valence electrons. The summed E-state index contributed by atoms with van der Waals surface area (Å²) >= 11 is 0. The number of halogens is 2. The Morgan fingerprint density at radius 2 is 1.94 bits per heavy atom. The molecular formula is C13H12F2N2O. The summed E-state index contributed by atoms with van der Waals surface area (Å²) in [6.07, 6.45) is -0.0742. The third-order valence-electron chi connectivity index (χ3n) is 2.68. The summed E-state index contributed by atoms with van der Waals surface area (Å²) in [5.41, 5.74) is 0.894. The van der Waals surface area contributed by atoms with Gasteiger partial charge in [-0.2, -0.15) is 5.10 Å². The Balaban J connectivity index is 2.30. The van der Waals surface area contributed by atoms with E-state index in [0.717, 1.165) is 17.8 Å². The number of benzene rings is 1. The van der Waals surface area contributed by atoms with Gasteiger partial charge in [-0.1, -0.05) is 6.07 Å². The first-order valence-electron chi connectivity index (χ1n) is 5.45. The van der Waals surface area contributed by atoms with E-state index in [2.05, 4.69) is 5.10 Å². The lowest BCUT2D eigenvalue weighted by atomic mass is 10.1. The number of carbonyl (C=O) groups is 1. The molecule has 1 aromatic heterocycles. The molecule has 0 radical (unpaired) electrons. The number of aromatic nitrogens is 2. The number of nitrogens with zero attached hydrogens (tertiary/aromatic N) is 2. The minimum atomic E-state index is -0.834. The average Bonchev–Trinajstić information content (AvgIpc) is 2.57. The summed E-state index contributed by atoms with van der Waals surface area (Å²) in [5.74, 6) is -2.26. The van der Waals surface area contributed by atoms with Gasteiger partial charge in [-0.3, -0.25) is 9.48 Å². The van der Waals surface area contributed by atoms with Gasteiger partial charge in [0.25, 0.3) is 0 Å². The number of hydrogen-bond donors (Lipinski definition) is 0. The fourth-order valence-corrected chi connectivity index (χ4v) is 1.85. The molecule has 0 aliphatic carbocycles. The maximum atomic E-state index is 13.4. The van der Waals surface area contributed by atoms with Gasteiger partial charge in [-0.15, -0.1) is 0 Å². The van der Waals surface area contributed by atoms with Crippen LogP contribution in [-0.4, -0.2) is 15.6 Å². The van der Waals surface area contributed by atoms with Gasteiger partial charge < -0.3 is 0 Å². The molecule has 2 rings (SSSR count). The first kappa shape index (κ1) is 12.4. The molecule has 0 saturated carbocycles. The Hall–Kier alpha value is -2.04. The fraction of sp³-hybridized carbons (Fsp3) is 0.231. The average molecular weight is 250 g/mol. The quantitative estimate of drug-likeness (QED) is 0.784. The third-order valence-corrected chi connectivity index (χ3v) is 2.68. The second kappa shape index (κ2) is 4.68. The Kier molecular flexibility index (Phi) is 3.23. The lowest BCUT2D eigenvalue weighted by molar-refractivity contribution is 0.0982. The number of rotatable bonds is 3. The van der Waals surface area contributed by atoms with Crippen LogP contribution in [0.3, 0.4) is 0 Å². The standard InChI is InChI=1S/C13H12F2N2O/c1-8-6-9(17(2)16-8)7-12(18)13-10(14)4-3-5-11(13)15/h3-6H,7H2,1-2H3. The lowest BCUT2D eigenvalue weighted by Crippen LogP contribution is -2.11. The van der Waals surface area contributed by atoms with E-state index in [1.807, 2.05) is 0 Å². The third kappa shape index (κ3) is 2.30. The van der Waals surface area contributed by atoms with Crippen LogP contribution in [0.15, 0.2) is 24.3 Å². The van der Waals surface area contributed by atoms with Crippen molar-refractivity contribution in [2.45, 2.75) is 13.3 Å². The summed E-state index contributed by atoms with van der Waals surface area (Å²) in [6.45, 7) is 1.79. The zero-order chi connectivity index (χ0) is 13.3. The largest absolute Gasteiger partial charge is 0.294 e. The van der Waals surface area contributed by atoms with Gasteiger partial charge >= 0.3 is 0 Å². The van der Waals surface area contributed by atoms with Gasteiger partial charge in [-0.05, 0) is 25.1 Å². The molecule has 0 fully saturated rings. The molecule has 0 aliphatic rings. The molecule has 0 bridgehead atoms. The molecule has 1 aromatic carbocycles. The van der Waals surface area contributed by atoms with Gasteiger partial charge in [-0.25, -0.2) is 8.78 Å². The molecule has 1 heterocycles. The number of Topliss-reactive ketones (excluding diaryl/α,β-unsaturated/α-hetero) is 1. The van der Waals surface area contributed by atoms with Crippen molar-refractivity contribution in [1.29, 1.82) is 0 Å². The Bertz CT molecular complexity index is 585. The maximum Gasteiger partial charge on any atom is 0.174 e. The van der Waals surface area contributed by atoms with Crippen LogP contribution < -0.4 is 0 Å². The molecule has 0 amide bonds. The molecular weight excluding hydrogens is 238 g/mol. The number of aryl methyl sites for hydroxylation is 2. The number of carbonyl (C=O) groups excluding carboxylic acids is 1. The molecule has 0 spiro atoms. The second-order valence-electron chi connectivity index (χ2n) is 4.10. The molecule has 2 aromatic rings. The van der Waals surface area contributed by atoms with Crippen LogP contribution in [-0.2, 0) is 13.5 Å². The Morgan fingerprint density at radius 3 is 2.44 bits per heavy atom. The van der Waals surface area contributed by atoms with Gasteiger partial charge in [0.2, 0.25) is 0 Å². The highest BCUT2D eigenvalue weighted by molar-refractivity contribution is 5.97. The topological polar surface area (TPSA) is 34.9 Å². The summed E-state index contributed by atoms with van der Waals surface area (Å²) in [7, 11) is 1.69. The van der Waals surface area contributed by atoms with Crippen molar-refractivity contribution in [1.82, 2.24) is 9.78 Å². The van der Waals surface area contributed by atoms with E-state index in [4.69, 9.17) is 0 Å². The smallest absolute Gasteiger partial charge is 0.174 e. The van der Waals surface area contributed by atoms with E-state index in [0.29, 0.717) is 5.69 Å². The van der Waals surface area contributed by atoms with E-state index in [-0.39, 0.29) is 6.42 Å². The van der Waals surface area contributed by atoms with Crippen molar-refractivity contribution in [3.05, 3.63) is 52.9 Å². The molecule has 3 nitrogen and oxygen atoms in total.